The lowest BCUT2D eigenvalue weighted by molar-refractivity contribution is -0.143. The van der Waals surface area contributed by atoms with Gasteiger partial charge in [-0.25, -0.2) is 9.98 Å². The molecule has 1 unspecified atom stereocenters. The fourth-order valence-electron chi connectivity index (χ4n) is 3.11. The fourth-order valence-corrected chi connectivity index (χ4v) is 3.11. The Bertz CT molecular complexity index is 775. The van der Waals surface area contributed by atoms with Crippen LogP contribution in [0.25, 0.3) is 11.5 Å². The Morgan fingerprint density at radius 3 is 2.82 bits per heavy atom. The third-order valence-electron chi connectivity index (χ3n) is 4.33. The van der Waals surface area contributed by atoms with Crippen LogP contribution in [0.2, 0.25) is 0 Å². The number of hydrogen-bond acceptors (Lipinski definition) is 4. The molecule has 1 aliphatic heterocycles. The van der Waals surface area contributed by atoms with Gasteiger partial charge in [0.05, 0.1) is 13.1 Å². The lowest BCUT2D eigenvalue weighted by Crippen LogP contribution is -2.45. The van der Waals surface area contributed by atoms with Crippen LogP contribution in [0.1, 0.15) is 19.0 Å². The Labute approximate surface area is 161 Å². The van der Waals surface area contributed by atoms with Crippen LogP contribution in [0.4, 0.5) is 13.2 Å². The van der Waals surface area contributed by atoms with Gasteiger partial charge in [0, 0.05) is 31.2 Å². The number of aromatic nitrogens is 1. The van der Waals surface area contributed by atoms with E-state index in [4.69, 9.17) is 4.42 Å². The molecule has 3 rings (SSSR count). The van der Waals surface area contributed by atoms with Gasteiger partial charge in [0.25, 0.3) is 0 Å². The molecule has 1 saturated heterocycles. The minimum atomic E-state index is -4.17. The van der Waals surface area contributed by atoms with Gasteiger partial charge in [-0.05, 0) is 25.5 Å². The Morgan fingerprint density at radius 2 is 2.11 bits per heavy atom. The van der Waals surface area contributed by atoms with Crippen molar-refractivity contribution in [1.29, 1.82) is 0 Å². The summed E-state index contributed by atoms with van der Waals surface area (Å²) in [6.45, 7) is 2.78. The van der Waals surface area contributed by atoms with Crippen LogP contribution in [-0.4, -0.2) is 54.2 Å². The van der Waals surface area contributed by atoms with Gasteiger partial charge in [-0.15, -0.1) is 0 Å². The highest BCUT2D eigenvalue weighted by Gasteiger charge is 2.34. The average Bonchev–Trinajstić information content (AvgIpc) is 3.29. The average molecular weight is 395 g/mol. The summed E-state index contributed by atoms with van der Waals surface area (Å²) in [4.78, 5) is 10.3. The predicted molar refractivity (Wildman–Crippen MR) is 101 cm³/mol. The first-order valence-electron chi connectivity index (χ1n) is 9.26. The number of likely N-dealkylation sites (tertiary alicyclic amines) is 1. The van der Waals surface area contributed by atoms with E-state index in [0.29, 0.717) is 50.1 Å². The molecule has 0 saturated carbocycles. The number of benzene rings is 1. The first-order valence-corrected chi connectivity index (χ1v) is 9.26. The van der Waals surface area contributed by atoms with Crippen LogP contribution in [0, 0.1) is 0 Å². The van der Waals surface area contributed by atoms with Crippen LogP contribution < -0.4 is 10.6 Å². The van der Waals surface area contributed by atoms with Crippen LogP contribution >= 0.6 is 0 Å². The summed E-state index contributed by atoms with van der Waals surface area (Å²) < 4.78 is 43.1. The standard InChI is InChI=1S/C19H24F3N5O/c1-2-23-18(26-15-8-9-27(11-15)13-19(20,21)22)24-10-16-12-28-17(25-16)14-6-4-3-5-7-14/h3-7,12,15H,2,8-11,13H2,1H3,(H2,23,24,26). The maximum atomic E-state index is 12.5. The zero-order valence-electron chi connectivity index (χ0n) is 15.7. The third kappa shape index (κ3) is 5.98. The zero-order chi connectivity index (χ0) is 20.0. The topological polar surface area (TPSA) is 65.7 Å². The molecule has 2 heterocycles. The Hall–Kier alpha value is -2.55. The van der Waals surface area contributed by atoms with Crippen molar-refractivity contribution in [3.63, 3.8) is 0 Å². The van der Waals surface area contributed by atoms with Gasteiger partial charge in [-0.2, -0.15) is 13.2 Å². The molecular weight excluding hydrogens is 371 g/mol. The number of rotatable bonds is 6. The van der Waals surface area contributed by atoms with Gasteiger partial charge in [0.2, 0.25) is 5.89 Å². The molecule has 1 atom stereocenters. The lowest BCUT2D eigenvalue weighted by atomic mass is 10.2. The number of aliphatic imine (C=N–C) groups is 1. The maximum Gasteiger partial charge on any atom is 0.401 e. The molecule has 1 aromatic heterocycles. The van der Waals surface area contributed by atoms with Crippen molar-refractivity contribution >= 4 is 5.96 Å². The van der Waals surface area contributed by atoms with E-state index in [1.54, 1.807) is 6.26 Å². The Balaban J connectivity index is 1.57. The molecule has 2 aromatic rings. The van der Waals surface area contributed by atoms with E-state index in [9.17, 15) is 13.2 Å². The number of nitrogens with zero attached hydrogens (tertiary/aromatic N) is 3. The second-order valence-electron chi connectivity index (χ2n) is 6.69. The molecule has 0 bridgehead atoms. The van der Waals surface area contributed by atoms with Crippen molar-refractivity contribution in [2.45, 2.75) is 32.1 Å². The number of alkyl halides is 3. The second kappa shape index (κ2) is 9.09. The van der Waals surface area contributed by atoms with E-state index in [1.165, 1.54) is 4.90 Å². The van der Waals surface area contributed by atoms with E-state index >= 15 is 0 Å². The molecule has 1 fully saturated rings. The molecule has 9 heteroatoms. The highest BCUT2D eigenvalue weighted by atomic mass is 19.4. The Kier molecular flexibility index (Phi) is 6.56. The van der Waals surface area contributed by atoms with Crippen LogP contribution in [0.5, 0.6) is 0 Å². The van der Waals surface area contributed by atoms with Crippen molar-refractivity contribution in [3.8, 4) is 11.5 Å². The van der Waals surface area contributed by atoms with Crippen LogP contribution in [0.3, 0.4) is 0 Å². The number of oxazole rings is 1. The van der Waals surface area contributed by atoms with E-state index in [1.807, 2.05) is 37.3 Å². The van der Waals surface area contributed by atoms with E-state index in [2.05, 4.69) is 20.6 Å². The molecule has 0 spiro atoms. The molecule has 1 aromatic carbocycles. The highest BCUT2D eigenvalue weighted by molar-refractivity contribution is 5.80. The van der Waals surface area contributed by atoms with Crippen molar-refractivity contribution in [3.05, 3.63) is 42.3 Å². The van der Waals surface area contributed by atoms with Crippen molar-refractivity contribution in [2.24, 2.45) is 4.99 Å². The number of guanidine groups is 1. The zero-order valence-corrected chi connectivity index (χ0v) is 15.7. The van der Waals surface area contributed by atoms with E-state index in [-0.39, 0.29) is 6.04 Å². The molecule has 0 radical (unpaired) electrons. The molecular formula is C19H24F3N5O. The van der Waals surface area contributed by atoms with Crippen molar-refractivity contribution < 1.29 is 17.6 Å². The molecule has 2 N–H and O–H groups in total. The van der Waals surface area contributed by atoms with Gasteiger partial charge < -0.3 is 15.1 Å². The quantitative estimate of drug-likeness (QED) is 0.581. The van der Waals surface area contributed by atoms with E-state index < -0.39 is 12.7 Å². The van der Waals surface area contributed by atoms with Crippen molar-refractivity contribution in [1.82, 2.24) is 20.5 Å². The maximum absolute atomic E-state index is 12.5. The summed E-state index contributed by atoms with van der Waals surface area (Å²) in [6.07, 6.45) is -1.96. The minimum absolute atomic E-state index is 0.0719. The van der Waals surface area contributed by atoms with Gasteiger partial charge >= 0.3 is 6.18 Å². The minimum Gasteiger partial charge on any atom is -0.444 e. The van der Waals surface area contributed by atoms with Crippen molar-refractivity contribution in [2.75, 3.05) is 26.2 Å². The van der Waals surface area contributed by atoms with E-state index in [0.717, 1.165) is 5.56 Å². The molecule has 28 heavy (non-hydrogen) atoms. The lowest BCUT2D eigenvalue weighted by Gasteiger charge is -2.19. The highest BCUT2D eigenvalue weighted by Crippen LogP contribution is 2.20. The summed E-state index contributed by atoms with van der Waals surface area (Å²) in [7, 11) is 0. The monoisotopic (exact) mass is 395 g/mol. The first kappa shape index (κ1) is 20.2. The normalized spacial score (nSPS) is 18.4. The number of halogens is 3. The first-order chi connectivity index (χ1) is 13.4. The third-order valence-corrected chi connectivity index (χ3v) is 4.33. The molecule has 6 nitrogen and oxygen atoms in total. The summed E-state index contributed by atoms with van der Waals surface area (Å²) >= 11 is 0. The summed E-state index contributed by atoms with van der Waals surface area (Å²) in [5.41, 5.74) is 1.57. The number of hydrogen-bond donors (Lipinski definition) is 2. The Morgan fingerprint density at radius 1 is 1.32 bits per heavy atom. The fraction of sp³-hybridized carbons (Fsp3) is 0.474. The molecule has 152 valence electrons. The predicted octanol–water partition coefficient (Wildman–Crippen LogP) is 3.03. The summed E-state index contributed by atoms with van der Waals surface area (Å²) in [6, 6.07) is 9.50. The second-order valence-corrected chi connectivity index (χ2v) is 6.69. The molecule has 0 aliphatic carbocycles. The smallest absolute Gasteiger partial charge is 0.401 e. The van der Waals surface area contributed by atoms with Gasteiger partial charge in [-0.1, -0.05) is 18.2 Å². The van der Waals surface area contributed by atoms with Gasteiger partial charge in [-0.3, -0.25) is 4.90 Å². The molecule has 1 aliphatic rings. The summed E-state index contributed by atoms with van der Waals surface area (Å²) in [5.74, 6) is 1.09. The molecule has 0 amide bonds. The largest absolute Gasteiger partial charge is 0.444 e. The van der Waals surface area contributed by atoms with Crippen LogP contribution in [0.15, 0.2) is 46.0 Å². The SMILES string of the molecule is CCNC(=NCc1coc(-c2ccccc2)n1)NC1CCN(CC(F)(F)F)C1. The number of nitrogens with one attached hydrogen (secondary N) is 2. The van der Waals surface area contributed by atoms with Crippen LogP contribution in [-0.2, 0) is 6.54 Å². The summed E-state index contributed by atoms with van der Waals surface area (Å²) in [5, 5.41) is 6.33. The van der Waals surface area contributed by atoms with Gasteiger partial charge in [0.15, 0.2) is 5.96 Å². The van der Waals surface area contributed by atoms with Gasteiger partial charge in [0.1, 0.15) is 12.0 Å².